The molecule has 0 fully saturated rings. The van der Waals surface area contributed by atoms with Gasteiger partial charge in [-0.15, -0.1) is 0 Å². The van der Waals surface area contributed by atoms with Gasteiger partial charge in [-0.3, -0.25) is 4.79 Å². The fraction of sp³-hybridized carbons (Fsp3) is 0.125. The van der Waals surface area contributed by atoms with Gasteiger partial charge in [0.05, 0.1) is 23.3 Å². The van der Waals surface area contributed by atoms with Crippen LogP contribution >= 0.6 is 0 Å². The van der Waals surface area contributed by atoms with Crippen molar-refractivity contribution in [2.45, 2.75) is 6.92 Å². The molecule has 3 aromatic rings. The number of fused-ring (bicyclic) bond motifs is 2. The largest absolute Gasteiger partial charge is 1.00 e. The van der Waals surface area contributed by atoms with Crippen molar-refractivity contribution in [2.75, 3.05) is 6.61 Å². The number of ether oxygens (including phenoxy) is 1. The Labute approximate surface area is 147 Å². The summed E-state index contributed by atoms with van der Waals surface area (Å²) < 4.78 is 11.0. The van der Waals surface area contributed by atoms with Gasteiger partial charge in [0.15, 0.2) is 0 Å². The van der Waals surface area contributed by atoms with Crippen LogP contribution < -0.4 is 44.8 Å². The van der Waals surface area contributed by atoms with Crippen LogP contribution in [0, 0.1) is 0 Å². The maximum absolute atomic E-state index is 12.4. The Morgan fingerprint density at radius 1 is 1.14 bits per heavy atom. The van der Waals surface area contributed by atoms with Gasteiger partial charge in [0.25, 0.3) is 0 Å². The predicted molar refractivity (Wildman–Crippen MR) is 75.5 cm³/mol. The van der Waals surface area contributed by atoms with E-state index in [2.05, 4.69) is 0 Å². The molecule has 6 heteroatoms. The number of carbonyl (C=O) groups excluding carboxylic acids is 1. The maximum atomic E-state index is 12.4. The quantitative estimate of drug-likeness (QED) is 0.444. The molecule has 1 heterocycles. The molecular weight excluding hydrogens is 295 g/mol. The van der Waals surface area contributed by atoms with Gasteiger partial charge in [0, 0.05) is 5.56 Å². The molecule has 22 heavy (non-hydrogen) atoms. The summed E-state index contributed by atoms with van der Waals surface area (Å²) in [6.45, 7) is 2.36. The zero-order chi connectivity index (χ0) is 15.0. The van der Waals surface area contributed by atoms with Crippen molar-refractivity contribution in [3.05, 3.63) is 52.2 Å². The Morgan fingerprint density at radius 2 is 1.91 bits per heavy atom. The monoisotopic (exact) mass is 306 g/mol. The summed E-state index contributed by atoms with van der Waals surface area (Å²) in [7, 11) is 0. The topological polar surface area (TPSA) is 79.6 Å². The van der Waals surface area contributed by atoms with Crippen LogP contribution in [-0.2, 0) is 0 Å². The van der Waals surface area contributed by atoms with Crippen molar-refractivity contribution < 1.29 is 48.6 Å². The minimum atomic E-state index is -1.31. The first-order chi connectivity index (χ1) is 10.1. The molecule has 0 unspecified atom stereocenters. The Bertz CT molecular complexity index is 913. The Kier molecular flexibility index (Phi) is 4.90. The number of hydrogen-bond donors (Lipinski definition) is 0. The summed E-state index contributed by atoms with van der Waals surface area (Å²) in [5, 5.41) is 11.6. The third-order valence-electron chi connectivity index (χ3n) is 3.19. The van der Waals surface area contributed by atoms with E-state index in [1.807, 2.05) is 6.92 Å². The molecule has 0 atom stereocenters. The fourth-order valence-electron chi connectivity index (χ4n) is 2.22. The van der Waals surface area contributed by atoms with Crippen LogP contribution in [-0.4, -0.2) is 12.6 Å². The van der Waals surface area contributed by atoms with E-state index >= 15 is 0 Å². The molecule has 0 spiro atoms. The number of carboxylic acid groups (broad SMARTS) is 1. The molecule has 0 amide bonds. The molecule has 0 aliphatic rings. The molecular formula is C16H11NaO5. The third kappa shape index (κ3) is 2.88. The molecule has 0 aliphatic carbocycles. The van der Waals surface area contributed by atoms with Gasteiger partial charge in [-0.25, -0.2) is 0 Å². The first-order valence-electron chi connectivity index (χ1n) is 6.45. The molecule has 0 aliphatic heterocycles. The average molecular weight is 306 g/mol. The minimum absolute atomic E-state index is 0. The second-order valence-corrected chi connectivity index (χ2v) is 4.52. The third-order valence-corrected chi connectivity index (χ3v) is 3.19. The Balaban J connectivity index is 0.00000176. The van der Waals surface area contributed by atoms with Gasteiger partial charge in [-0.05, 0) is 37.3 Å². The van der Waals surface area contributed by atoms with Crippen molar-refractivity contribution in [1.29, 1.82) is 0 Å². The van der Waals surface area contributed by atoms with Gasteiger partial charge in [0.1, 0.15) is 16.9 Å². The van der Waals surface area contributed by atoms with E-state index in [0.29, 0.717) is 28.7 Å². The first-order valence-corrected chi connectivity index (χ1v) is 6.45. The normalized spacial score (nSPS) is 10.4. The van der Waals surface area contributed by atoms with E-state index in [0.717, 1.165) is 0 Å². The van der Waals surface area contributed by atoms with Crippen molar-refractivity contribution in [2.24, 2.45) is 0 Å². The molecule has 0 bridgehead atoms. The number of hydrogen-bond acceptors (Lipinski definition) is 5. The molecule has 1 aromatic heterocycles. The van der Waals surface area contributed by atoms with Crippen LogP contribution in [0.15, 0.2) is 45.6 Å². The van der Waals surface area contributed by atoms with E-state index < -0.39 is 5.97 Å². The van der Waals surface area contributed by atoms with Crippen molar-refractivity contribution in [3.63, 3.8) is 0 Å². The van der Waals surface area contributed by atoms with E-state index in [1.54, 1.807) is 18.2 Å². The molecule has 5 nitrogen and oxygen atoms in total. The second kappa shape index (κ2) is 6.52. The van der Waals surface area contributed by atoms with Gasteiger partial charge in [-0.1, -0.05) is 6.07 Å². The van der Waals surface area contributed by atoms with E-state index in [-0.39, 0.29) is 46.1 Å². The molecule has 0 saturated heterocycles. The van der Waals surface area contributed by atoms with Crippen molar-refractivity contribution in [1.82, 2.24) is 0 Å². The molecule has 0 radical (unpaired) electrons. The molecule has 3 rings (SSSR count). The van der Waals surface area contributed by atoms with Crippen LogP contribution in [0.3, 0.4) is 0 Å². The smallest absolute Gasteiger partial charge is 0.545 e. The van der Waals surface area contributed by atoms with Gasteiger partial charge >= 0.3 is 29.6 Å². The van der Waals surface area contributed by atoms with Crippen LogP contribution in [0.4, 0.5) is 0 Å². The summed E-state index contributed by atoms with van der Waals surface area (Å²) >= 11 is 0. The van der Waals surface area contributed by atoms with E-state index in [4.69, 9.17) is 9.15 Å². The molecule has 106 valence electrons. The SMILES string of the molecule is CCOc1ccc2oc3cc(C(=O)[O-])ccc3c(=O)c2c1.[Na+]. The number of rotatable bonds is 3. The number of carbonyl (C=O) groups is 1. The summed E-state index contributed by atoms with van der Waals surface area (Å²) in [5.74, 6) is -0.727. The standard InChI is InChI=1S/C16H12O5.Na/c1-2-20-10-4-6-13-12(8-10)15(17)11-5-3-9(16(18)19)7-14(11)21-13;/h3-8H,2H2,1H3,(H,18,19);/q;+1/p-1. The van der Waals surface area contributed by atoms with E-state index in [9.17, 15) is 14.7 Å². The van der Waals surface area contributed by atoms with Gasteiger partial charge in [0.2, 0.25) is 5.43 Å². The number of aromatic carboxylic acids is 1. The summed E-state index contributed by atoms with van der Waals surface area (Å²) in [5.41, 5.74) is 0.346. The van der Waals surface area contributed by atoms with Crippen LogP contribution in [0.1, 0.15) is 17.3 Å². The number of carboxylic acids is 1. The average Bonchev–Trinajstić information content (AvgIpc) is 2.48. The molecule has 2 aromatic carbocycles. The Hall–Kier alpha value is -1.82. The second-order valence-electron chi connectivity index (χ2n) is 4.52. The number of benzene rings is 2. The first kappa shape index (κ1) is 16.5. The van der Waals surface area contributed by atoms with Crippen LogP contribution in [0.5, 0.6) is 5.75 Å². The van der Waals surface area contributed by atoms with Crippen molar-refractivity contribution >= 4 is 27.9 Å². The molecule has 0 saturated carbocycles. The summed E-state index contributed by atoms with van der Waals surface area (Å²) in [6.07, 6.45) is 0. The van der Waals surface area contributed by atoms with E-state index in [1.165, 1.54) is 18.2 Å². The fourth-order valence-corrected chi connectivity index (χ4v) is 2.22. The van der Waals surface area contributed by atoms with Crippen LogP contribution in [0.25, 0.3) is 21.9 Å². The summed E-state index contributed by atoms with van der Waals surface area (Å²) in [6, 6.07) is 9.00. The zero-order valence-electron chi connectivity index (χ0n) is 12.2. The maximum Gasteiger partial charge on any atom is 1.00 e. The predicted octanol–water partition coefficient (Wildman–Crippen LogP) is -1.29. The van der Waals surface area contributed by atoms with Gasteiger partial charge in [-0.2, -0.15) is 0 Å². The van der Waals surface area contributed by atoms with Crippen molar-refractivity contribution in [3.8, 4) is 5.75 Å². The molecule has 0 N–H and O–H groups in total. The summed E-state index contributed by atoms with van der Waals surface area (Å²) in [4.78, 5) is 23.3. The van der Waals surface area contributed by atoms with Gasteiger partial charge < -0.3 is 19.1 Å². The zero-order valence-corrected chi connectivity index (χ0v) is 14.2. The van der Waals surface area contributed by atoms with Crippen LogP contribution in [0.2, 0.25) is 0 Å². The Morgan fingerprint density at radius 3 is 2.59 bits per heavy atom. The minimum Gasteiger partial charge on any atom is -0.545 e.